The van der Waals surface area contributed by atoms with Crippen LogP contribution in [0.4, 0.5) is 0 Å². The SMILES string of the molecule is CC[C@H]1C(O)C2C3CC[C@H]([C@H](C)CCOc4ccccc4C(=O)O)[C@@]3(C)CCC2[C@@]2(C)CC[C@@H](O)C[C@@H]12. The second-order valence-corrected chi connectivity index (χ2v) is 13.5. The summed E-state index contributed by atoms with van der Waals surface area (Å²) in [5.74, 6) is 2.80. The Morgan fingerprint density at radius 2 is 1.73 bits per heavy atom. The van der Waals surface area contributed by atoms with Gasteiger partial charge in [-0.3, -0.25) is 0 Å². The maximum atomic E-state index is 11.9. The normalized spacial score (nSPS) is 43.8. The summed E-state index contributed by atoms with van der Waals surface area (Å²) in [6, 6.07) is 6.90. The van der Waals surface area contributed by atoms with E-state index in [1.54, 1.807) is 18.2 Å². The van der Waals surface area contributed by atoms with Crippen molar-refractivity contribution in [2.75, 3.05) is 6.61 Å². The average molecular weight is 513 g/mol. The molecule has 0 amide bonds. The zero-order chi connectivity index (χ0) is 26.5. The van der Waals surface area contributed by atoms with Gasteiger partial charge in [-0.2, -0.15) is 0 Å². The molecule has 11 atom stereocenters. The number of rotatable bonds is 7. The van der Waals surface area contributed by atoms with Crippen LogP contribution < -0.4 is 4.74 Å². The van der Waals surface area contributed by atoms with E-state index in [-0.39, 0.29) is 28.6 Å². The highest BCUT2D eigenvalue weighted by Gasteiger charge is 2.64. The number of para-hydroxylation sites is 1. The van der Waals surface area contributed by atoms with E-state index >= 15 is 0 Å². The fraction of sp³-hybridized carbons (Fsp3) is 0.781. The maximum absolute atomic E-state index is 11.9. The molecule has 5 heteroatoms. The van der Waals surface area contributed by atoms with Gasteiger partial charge in [0.15, 0.2) is 0 Å². The minimum absolute atomic E-state index is 0.203. The Bertz CT molecular complexity index is 978. The van der Waals surface area contributed by atoms with Crippen LogP contribution in [0.5, 0.6) is 5.75 Å². The molecule has 1 aromatic rings. The minimum atomic E-state index is -0.952. The molecule has 4 unspecified atom stereocenters. The summed E-state index contributed by atoms with van der Waals surface area (Å²) in [5.41, 5.74) is 0.691. The number of hydrogen-bond donors (Lipinski definition) is 3. The largest absolute Gasteiger partial charge is 0.493 e. The van der Waals surface area contributed by atoms with Crippen molar-refractivity contribution in [1.29, 1.82) is 0 Å². The molecule has 0 heterocycles. The first kappa shape index (κ1) is 27.0. The smallest absolute Gasteiger partial charge is 0.339 e. The van der Waals surface area contributed by atoms with Crippen LogP contribution in [0.3, 0.4) is 0 Å². The topological polar surface area (TPSA) is 87.0 Å². The number of aliphatic hydroxyl groups is 2. The Hall–Kier alpha value is -1.59. The zero-order valence-corrected chi connectivity index (χ0v) is 23.2. The molecule has 0 spiro atoms. The predicted molar refractivity (Wildman–Crippen MR) is 144 cm³/mol. The third-order valence-electron chi connectivity index (χ3n) is 12.1. The van der Waals surface area contributed by atoms with Crippen molar-refractivity contribution in [3.63, 3.8) is 0 Å². The Labute approximate surface area is 223 Å². The number of aliphatic hydroxyl groups excluding tert-OH is 2. The molecule has 206 valence electrons. The molecule has 1 aromatic carbocycles. The van der Waals surface area contributed by atoms with Gasteiger partial charge in [-0.1, -0.05) is 46.2 Å². The van der Waals surface area contributed by atoms with Crippen LogP contribution in [-0.2, 0) is 0 Å². The molecule has 3 N–H and O–H groups in total. The van der Waals surface area contributed by atoms with E-state index in [2.05, 4.69) is 27.7 Å². The van der Waals surface area contributed by atoms with Gasteiger partial charge < -0.3 is 20.1 Å². The second-order valence-electron chi connectivity index (χ2n) is 13.5. The van der Waals surface area contributed by atoms with Crippen LogP contribution >= 0.6 is 0 Å². The highest BCUT2D eigenvalue weighted by Crippen LogP contribution is 2.69. The van der Waals surface area contributed by atoms with E-state index < -0.39 is 5.97 Å². The molecule has 0 bridgehead atoms. The van der Waals surface area contributed by atoms with Crippen molar-refractivity contribution >= 4 is 5.97 Å². The molecule has 4 saturated carbocycles. The van der Waals surface area contributed by atoms with Gasteiger partial charge in [0.25, 0.3) is 0 Å². The molecule has 0 aromatic heterocycles. The lowest BCUT2D eigenvalue weighted by atomic mass is 9.41. The van der Waals surface area contributed by atoms with E-state index in [9.17, 15) is 20.1 Å². The monoisotopic (exact) mass is 512 g/mol. The zero-order valence-electron chi connectivity index (χ0n) is 23.2. The number of carboxylic acids is 1. The van der Waals surface area contributed by atoms with Gasteiger partial charge in [0.05, 0.1) is 18.8 Å². The lowest BCUT2D eigenvalue weighted by Crippen LogP contribution is -2.62. The summed E-state index contributed by atoms with van der Waals surface area (Å²) in [5, 5.41) is 31.8. The third-order valence-corrected chi connectivity index (χ3v) is 12.1. The van der Waals surface area contributed by atoms with Crippen LogP contribution in [0.15, 0.2) is 24.3 Å². The lowest BCUT2D eigenvalue weighted by Gasteiger charge is -2.64. The molecule has 0 saturated heterocycles. The van der Waals surface area contributed by atoms with Gasteiger partial charge in [-0.15, -0.1) is 0 Å². The van der Waals surface area contributed by atoms with Crippen molar-refractivity contribution in [2.24, 2.45) is 52.3 Å². The van der Waals surface area contributed by atoms with Gasteiger partial charge in [0.1, 0.15) is 11.3 Å². The Balaban J connectivity index is 1.30. The molecule has 0 aliphatic heterocycles. The number of aromatic carboxylic acids is 1. The summed E-state index contributed by atoms with van der Waals surface area (Å²) < 4.78 is 5.97. The van der Waals surface area contributed by atoms with Gasteiger partial charge in [-0.05, 0) is 116 Å². The first-order valence-corrected chi connectivity index (χ1v) is 14.9. The molecule has 5 rings (SSSR count). The standard InChI is InChI=1S/C32H48O5/c1-5-21-26-18-20(33)12-15-32(26,4)25-13-16-31(3)23(10-11-24(31)28(25)29(21)34)19(2)14-17-37-27-9-7-6-8-22(27)30(35)36/h6-9,19-21,23-26,28-29,33-34H,5,10-18H2,1-4H3,(H,35,36)/t19-,20-,21-,23-,24?,25?,26+,28?,29?,31-,32-/m1/s1. The van der Waals surface area contributed by atoms with Crippen LogP contribution in [0, 0.1) is 52.3 Å². The second kappa shape index (κ2) is 10.2. The molecule has 4 aliphatic carbocycles. The number of carboxylic acid groups (broad SMARTS) is 1. The summed E-state index contributed by atoms with van der Waals surface area (Å²) in [7, 11) is 0. The predicted octanol–water partition coefficient (Wildman–Crippen LogP) is 6.42. The molecule has 4 aliphatic rings. The number of carbonyl (C=O) groups is 1. The van der Waals surface area contributed by atoms with Gasteiger partial charge in [0, 0.05) is 0 Å². The van der Waals surface area contributed by atoms with E-state index in [0.717, 1.165) is 32.1 Å². The van der Waals surface area contributed by atoms with Crippen molar-refractivity contribution < 1.29 is 24.9 Å². The number of fused-ring (bicyclic) bond motifs is 5. The third kappa shape index (κ3) is 4.42. The Morgan fingerprint density at radius 1 is 1.03 bits per heavy atom. The Morgan fingerprint density at radius 3 is 2.46 bits per heavy atom. The number of hydrogen-bond acceptors (Lipinski definition) is 4. The van der Waals surface area contributed by atoms with Crippen LogP contribution in [0.25, 0.3) is 0 Å². The van der Waals surface area contributed by atoms with Gasteiger partial charge in [0.2, 0.25) is 0 Å². The summed E-state index contributed by atoms with van der Waals surface area (Å²) in [6.45, 7) is 10.1. The summed E-state index contributed by atoms with van der Waals surface area (Å²) >= 11 is 0. The van der Waals surface area contributed by atoms with Crippen molar-refractivity contribution in [2.45, 2.75) is 97.7 Å². The average Bonchev–Trinajstić information content (AvgIpc) is 3.22. The molecule has 5 nitrogen and oxygen atoms in total. The first-order valence-electron chi connectivity index (χ1n) is 14.9. The summed E-state index contributed by atoms with van der Waals surface area (Å²) in [6.07, 6.45) is 9.15. The van der Waals surface area contributed by atoms with Crippen LogP contribution in [-0.4, -0.2) is 40.1 Å². The van der Waals surface area contributed by atoms with Crippen LogP contribution in [0.1, 0.15) is 95.8 Å². The van der Waals surface area contributed by atoms with E-state index in [0.29, 0.717) is 53.8 Å². The molecular weight excluding hydrogens is 464 g/mol. The van der Waals surface area contributed by atoms with E-state index in [4.69, 9.17) is 4.74 Å². The van der Waals surface area contributed by atoms with Crippen molar-refractivity contribution in [3.05, 3.63) is 29.8 Å². The number of benzene rings is 1. The molecule has 0 radical (unpaired) electrons. The first-order chi connectivity index (χ1) is 17.6. The van der Waals surface area contributed by atoms with Gasteiger partial charge in [-0.25, -0.2) is 4.79 Å². The molecule has 37 heavy (non-hydrogen) atoms. The quantitative estimate of drug-likeness (QED) is 0.393. The summed E-state index contributed by atoms with van der Waals surface area (Å²) in [4.78, 5) is 11.5. The van der Waals surface area contributed by atoms with Gasteiger partial charge >= 0.3 is 5.97 Å². The fourth-order valence-corrected chi connectivity index (χ4v) is 10.3. The lowest BCUT2D eigenvalue weighted by molar-refractivity contribution is -0.203. The maximum Gasteiger partial charge on any atom is 0.339 e. The van der Waals surface area contributed by atoms with Crippen molar-refractivity contribution in [1.82, 2.24) is 0 Å². The van der Waals surface area contributed by atoms with Crippen LogP contribution in [0.2, 0.25) is 0 Å². The van der Waals surface area contributed by atoms with E-state index in [1.807, 2.05) is 6.07 Å². The fourth-order valence-electron chi connectivity index (χ4n) is 10.3. The molecular formula is C32H48O5. The highest BCUT2D eigenvalue weighted by molar-refractivity contribution is 5.90. The molecule has 4 fully saturated rings. The number of ether oxygens (including phenoxy) is 1. The highest BCUT2D eigenvalue weighted by atomic mass is 16.5. The Kier molecular flexibility index (Phi) is 7.43. The van der Waals surface area contributed by atoms with Crippen molar-refractivity contribution in [3.8, 4) is 5.75 Å². The van der Waals surface area contributed by atoms with E-state index in [1.165, 1.54) is 25.7 Å². The minimum Gasteiger partial charge on any atom is -0.493 e.